The summed E-state index contributed by atoms with van der Waals surface area (Å²) in [7, 11) is -0.847. The summed E-state index contributed by atoms with van der Waals surface area (Å²) < 4.78 is 10.6. The average Bonchev–Trinajstić information content (AvgIpc) is 2.03. The Morgan fingerprint density at radius 3 is 2.45 bits per heavy atom. The van der Waals surface area contributed by atoms with Crippen molar-refractivity contribution in [2.75, 3.05) is 6.26 Å². The Balaban J connectivity index is 2.72. The fourth-order valence-electron chi connectivity index (χ4n) is 0.739. The summed E-state index contributed by atoms with van der Waals surface area (Å²) in [6, 6.07) is 9.82. The van der Waals surface area contributed by atoms with Gasteiger partial charge in [-0.05, 0) is 11.6 Å². The van der Waals surface area contributed by atoms with Crippen LogP contribution in [0, 0.1) is 0 Å². The Labute approximate surface area is 69.2 Å². The monoisotopic (exact) mass is 166 g/mol. The van der Waals surface area contributed by atoms with Crippen LogP contribution >= 0.6 is 0 Å². The van der Waals surface area contributed by atoms with E-state index in [9.17, 15) is 4.21 Å². The molecule has 0 aliphatic rings. The molecular weight excluding hydrogens is 156 g/mol. The molecule has 0 unspecified atom stereocenters. The second-order valence-corrected chi connectivity index (χ2v) is 3.48. The Kier molecular flexibility index (Phi) is 3.05. The minimum atomic E-state index is -0.847. The second-order valence-electron chi connectivity index (χ2n) is 2.21. The van der Waals surface area contributed by atoms with Gasteiger partial charge in [0.2, 0.25) is 0 Å². The predicted octanol–water partition coefficient (Wildman–Crippen LogP) is 2.04. The minimum absolute atomic E-state index is 0.847. The van der Waals surface area contributed by atoms with Gasteiger partial charge < -0.3 is 0 Å². The molecule has 0 radical (unpaired) electrons. The van der Waals surface area contributed by atoms with E-state index in [0.717, 1.165) is 5.56 Å². The normalized spacial score (nSPS) is 13.5. The van der Waals surface area contributed by atoms with E-state index in [2.05, 4.69) is 0 Å². The highest BCUT2D eigenvalue weighted by molar-refractivity contribution is 7.87. The predicted molar refractivity (Wildman–Crippen MR) is 49.5 cm³/mol. The Morgan fingerprint density at radius 2 is 1.91 bits per heavy atom. The van der Waals surface area contributed by atoms with Crippen molar-refractivity contribution in [3.8, 4) is 0 Å². The zero-order valence-corrected chi connectivity index (χ0v) is 7.17. The van der Waals surface area contributed by atoms with Gasteiger partial charge in [0, 0.05) is 22.5 Å². The summed E-state index contributed by atoms with van der Waals surface area (Å²) in [5.74, 6) is 0. The molecule has 2 heteroatoms. The van der Waals surface area contributed by atoms with Crippen LogP contribution in [0.5, 0.6) is 0 Å². The van der Waals surface area contributed by atoms with Crippen LogP contribution in [0.15, 0.2) is 35.7 Å². The molecule has 0 heterocycles. The van der Waals surface area contributed by atoms with Crippen molar-refractivity contribution in [3.05, 3.63) is 41.3 Å². The molecule has 0 saturated heterocycles. The molecule has 0 fully saturated rings. The third-order valence-corrected chi connectivity index (χ3v) is 1.77. The highest BCUT2D eigenvalue weighted by Gasteiger charge is 1.82. The molecule has 0 bridgehead atoms. The lowest BCUT2D eigenvalue weighted by Gasteiger charge is -1.88. The molecule has 0 N–H and O–H groups in total. The van der Waals surface area contributed by atoms with Crippen molar-refractivity contribution in [2.45, 2.75) is 0 Å². The van der Waals surface area contributed by atoms with Gasteiger partial charge >= 0.3 is 0 Å². The molecule has 0 saturated carbocycles. The molecule has 1 rings (SSSR count). The first-order valence-electron chi connectivity index (χ1n) is 3.34. The molecule has 11 heavy (non-hydrogen) atoms. The first kappa shape index (κ1) is 8.21. The van der Waals surface area contributed by atoms with Crippen molar-refractivity contribution in [1.82, 2.24) is 0 Å². The molecule has 0 aliphatic heterocycles. The highest BCUT2D eigenvalue weighted by atomic mass is 32.2. The smallest absolute Gasteiger partial charge is 0.0424 e. The topological polar surface area (TPSA) is 17.1 Å². The van der Waals surface area contributed by atoms with Gasteiger partial charge in [0.1, 0.15) is 0 Å². The van der Waals surface area contributed by atoms with E-state index < -0.39 is 10.8 Å². The highest BCUT2D eigenvalue weighted by Crippen LogP contribution is 2.00. The maximum Gasteiger partial charge on any atom is 0.0424 e. The summed E-state index contributed by atoms with van der Waals surface area (Å²) in [6.45, 7) is 0. The van der Waals surface area contributed by atoms with E-state index in [1.54, 1.807) is 11.7 Å². The van der Waals surface area contributed by atoms with E-state index >= 15 is 0 Å². The first-order valence-corrected chi connectivity index (χ1v) is 4.96. The van der Waals surface area contributed by atoms with Crippen molar-refractivity contribution < 1.29 is 4.21 Å². The summed E-state index contributed by atoms with van der Waals surface area (Å²) in [5.41, 5.74) is 1.09. The van der Waals surface area contributed by atoms with Crippen LogP contribution in [-0.4, -0.2) is 10.5 Å². The lowest BCUT2D eigenvalue weighted by atomic mass is 10.2. The van der Waals surface area contributed by atoms with Gasteiger partial charge in [-0.25, -0.2) is 0 Å². The molecule has 1 aromatic rings. The van der Waals surface area contributed by atoms with Gasteiger partial charge in [0.15, 0.2) is 0 Å². The van der Waals surface area contributed by atoms with Crippen LogP contribution in [0.3, 0.4) is 0 Å². The molecule has 0 aliphatic carbocycles. The molecular formula is C9H10OS. The molecule has 1 atom stereocenters. The summed E-state index contributed by atoms with van der Waals surface area (Å²) in [6.07, 6.45) is 3.51. The third kappa shape index (κ3) is 3.14. The van der Waals surface area contributed by atoms with E-state index in [0.29, 0.717) is 0 Å². The van der Waals surface area contributed by atoms with Crippen LogP contribution in [0.4, 0.5) is 0 Å². The van der Waals surface area contributed by atoms with Gasteiger partial charge in [-0.1, -0.05) is 30.3 Å². The van der Waals surface area contributed by atoms with Crippen LogP contribution in [0.2, 0.25) is 0 Å². The Morgan fingerprint density at radius 1 is 1.27 bits per heavy atom. The van der Waals surface area contributed by atoms with Gasteiger partial charge in [-0.2, -0.15) is 0 Å². The minimum Gasteiger partial charge on any atom is -0.255 e. The molecule has 0 amide bonds. The summed E-state index contributed by atoms with van der Waals surface area (Å²) >= 11 is 0. The fourth-order valence-corrected chi connectivity index (χ4v) is 1.09. The zero-order chi connectivity index (χ0) is 8.10. The number of hydrogen-bond donors (Lipinski definition) is 0. The number of benzene rings is 1. The van der Waals surface area contributed by atoms with Crippen LogP contribution in [0.1, 0.15) is 5.56 Å². The quantitative estimate of drug-likeness (QED) is 0.657. The summed E-state index contributed by atoms with van der Waals surface area (Å²) in [5, 5.41) is 1.68. The molecule has 0 spiro atoms. The molecule has 1 aromatic carbocycles. The van der Waals surface area contributed by atoms with Crippen molar-refractivity contribution in [3.63, 3.8) is 0 Å². The van der Waals surface area contributed by atoms with Crippen LogP contribution < -0.4 is 0 Å². The van der Waals surface area contributed by atoms with Gasteiger partial charge in [-0.15, -0.1) is 0 Å². The maximum atomic E-state index is 10.6. The average molecular weight is 166 g/mol. The van der Waals surface area contributed by atoms with E-state index in [1.165, 1.54) is 0 Å². The Hall–Kier alpha value is -0.890. The standard InChI is InChI=1S/C9H10OS/c1-11(10)8-7-9-5-3-2-4-6-9/h2-8H,1H3/b8-7+/t11-/m0/s1. The van der Waals surface area contributed by atoms with Crippen LogP contribution in [-0.2, 0) is 10.8 Å². The maximum absolute atomic E-state index is 10.6. The van der Waals surface area contributed by atoms with Crippen molar-refractivity contribution >= 4 is 16.9 Å². The lowest BCUT2D eigenvalue weighted by molar-refractivity contribution is 0.692. The van der Waals surface area contributed by atoms with Gasteiger partial charge in [0.25, 0.3) is 0 Å². The second kappa shape index (κ2) is 4.09. The fraction of sp³-hybridized carbons (Fsp3) is 0.111. The molecule has 58 valence electrons. The Bertz CT molecular complexity index is 264. The van der Waals surface area contributed by atoms with E-state index in [1.807, 2.05) is 36.4 Å². The van der Waals surface area contributed by atoms with E-state index in [-0.39, 0.29) is 0 Å². The SMILES string of the molecule is C[S@](=O)/C=C/c1ccccc1. The van der Waals surface area contributed by atoms with Crippen molar-refractivity contribution in [2.24, 2.45) is 0 Å². The van der Waals surface area contributed by atoms with Gasteiger partial charge in [0.05, 0.1) is 0 Å². The van der Waals surface area contributed by atoms with Crippen LogP contribution in [0.25, 0.3) is 6.08 Å². The number of hydrogen-bond acceptors (Lipinski definition) is 1. The third-order valence-electron chi connectivity index (χ3n) is 1.25. The zero-order valence-electron chi connectivity index (χ0n) is 6.36. The van der Waals surface area contributed by atoms with E-state index in [4.69, 9.17) is 0 Å². The largest absolute Gasteiger partial charge is 0.255 e. The van der Waals surface area contributed by atoms with Crippen molar-refractivity contribution in [1.29, 1.82) is 0 Å². The summed E-state index contributed by atoms with van der Waals surface area (Å²) in [4.78, 5) is 0. The van der Waals surface area contributed by atoms with Gasteiger partial charge in [-0.3, -0.25) is 4.21 Å². The number of rotatable bonds is 2. The molecule has 1 nitrogen and oxygen atoms in total. The lowest BCUT2D eigenvalue weighted by Crippen LogP contribution is -1.75. The molecule has 0 aromatic heterocycles. The first-order chi connectivity index (χ1) is 5.29.